The fraction of sp³-hybridized carbons (Fsp3) is 0.591. The van der Waals surface area contributed by atoms with E-state index in [9.17, 15) is 14.4 Å². The fourth-order valence-electron chi connectivity index (χ4n) is 3.15. The van der Waals surface area contributed by atoms with Gasteiger partial charge in [-0.05, 0) is 25.8 Å². The summed E-state index contributed by atoms with van der Waals surface area (Å²) in [6, 6.07) is 0. The zero-order valence-corrected chi connectivity index (χ0v) is 17.7. The Morgan fingerprint density at radius 1 is 0.857 bits per heavy atom. The lowest BCUT2D eigenvalue weighted by atomic mass is 9.90. The molecule has 1 aliphatic carbocycles. The summed E-state index contributed by atoms with van der Waals surface area (Å²) >= 11 is 0. The van der Waals surface area contributed by atoms with Crippen molar-refractivity contribution in [3.8, 4) is 0 Å². The van der Waals surface area contributed by atoms with Gasteiger partial charge in [-0.15, -0.1) is 0 Å². The van der Waals surface area contributed by atoms with Gasteiger partial charge in [0, 0.05) is 16.7 Å². The SMILES string of the molecule is CCCCCCCCC/C(=C\C1=C(C)C(=O)C(OC)=C(OC)C1=O)C(=O)OC. The number of rotatable bonds is 12. The van der Waals surface area contributed by atoms with Crippen molar-refractivity contribution in [3.05, 3.63) is 34.3 Å². The van der Waals surface area contributed by atoms with Crippen molar-refractivity contribution in [1.29, 1.82) is 0 Å². The third-order valence-corrected chi connectivity index (χ3v) is 4.83. The zero-order chi connectivity index (χ0) is 21.1. The first-order valence-electron chi connectivity index (χ1n) is 9.84. The number of Topliss-reactive ketones (excluding diaryl/α,β-unsaturated/α-hetero) is 2. The highest BCUT2D eigenvalue weighted by atomic mass is 16.5. The summed E-state index contributed by atoms with van der Waals surface area (Å²) in [5, 5.41) is 0. The Balaban J connectivity index is 2.96. The van der Waals surface area contributed by atoms with Gasteiger partial charge in [0.2, 0.25) is 23.1 Å². The minimum absolute atomic E-state index is 0.117. The van der Waals surface area contributed by atoms with Crippen LogP contribution in [0.5, 0.6) is 0 Å². The molecule has 6 nitrogen and oxygen atoms in total. The molecule has 0 radical (unpaired) electrons. The molecule has 0 bridgehead atoms. The van der Waals surface area contributed by atoms with Gasteiger partial charge in [0.05, 0.1) is 21.3 Å². The minimum atomic E-state index is -0.494. The number of esters is 1. The number of unbranched alkanes of at least 4 members (excludes halogenated alkanes) is 6. The Kier molecular flexibility index (Phi) is 10.3. The number of carbonyl (C=O) groups excluding carboxylic acids is 3. The summed E-state index contributed by atoms with van der Waals surface area (Å²) in [4.78, 5) is 37.4. The topological polar surface area (TPSA) is 78.9 Å². The molecule has 28 heavy (non-hydrogen) atoms. The van der Waals surface area contributed by atoms with E-state index in [2.05, 4.69) is 6.92 Å². The van der Waals surface area contributed by atoms with Gasteiger partial charge in [-0.1, -0.05) is 45.4 Å². The third kappa shape index (κ3) is 6.08. The first-order chi connectivity index (χ1) is 13.4. The average Bonchev–Trinajstić information content (AvgIpc) is 2.70. The van der Waals surface area contributed by atoms with Crippen molar-refractivity contribution >= 4 is 17.5 Å². The molecule has 0 saturated heterocycles. The lowest BCUT2D eigenvalue weighted by Crippen LogP contribution is -2.24. The molecule has 0 spiro atoms. The summed E-state index contributed by atoms with van der Waals surface area (Å²) < 4.78 is 15.0. The molecule has 0 aromatic carbocycles. The molecule has 0 unspecified atom stereocenters. The monoisotopic (exact) mass is 392 g/mol. The van der Waals surface area contributed by atoms with Crippen LogP contribution in [0.3, 0.4) is 0 Å². The van der Waals surface area contributed by atoms with Crippen LogP contribution in [-0.4, -0.2) is 38.9 Å². The molecule has 0 fully saturated rings. The molecule has 0 amide bonds. The molecule has 0 saturated carbocycles. The third-order valence-electron chi connectivity index (χ3n) is 4.83. The van der Waals surface area contributed by atoms with Crippen LogP contribution in [0.1, 0.15) is 65.2 Å². The first-order valence-corrected chi connectivity index (χ1v) is 9.84. The van der Waals surface area contributed by atoms with Crippen LogP contribution in [0, 0.1) is 0 Å². The lowest BCUT2D eigenvalue weighted by Gasteiger charge is -2.19. The Bertz CT molecular complexity index is 681. The second-order valence-electron chi connectivity index (χ2n) is 6.80. The van der Waals surface area contributed by atoms with E-state index in [1.165, 1.54) is 53.1 Å². The molecule has 0 aromatic heterocycles. The van der Waals surface area contributed by atoms with E-state index in [0.29, 0.717) is 12.0 Å². The number of hydrogen-bond acceptors (Lipinski definition) is 6. The summed E-state index contributed by atoms with van der Waals surface area (Å²) in [6.07, 6.45) is 9.75. The summed E-state index contributed by atoms with van der Waals surface area (Å²) in [5.41, 5.74) is 0.748. The maximum absolute atomic E-state index is 12.7. The molecule has 0 aromatic rings. The molecule has 1 aliphatic rings. The number of ether oxygens (including phenoxy) is 3. The van der Waals surface area contributed by atoms with E-state index in [0.717, 1.165) is 19.3 Å². The van der Waals surface area contributed by atoms with Gasteiger partial charge >= 0.3 is 5.97 Å². The van der Waals surface area contributed by atoms with Crippen molar-refractivity contribution in [3.63, 3.8) is 0 Å². The van der Waals surface area contributed by atoms with Crippen LogP contribution in [0.25, 0.3) is 0 Å². The van der Waals surface area contributed by atoms with Crippen molar-refractivity contribution in [2.75, 3.05) is 21.3 Å². The van der Waals surface area contributed by atoms with Gasteiger partial charge in [-0.25, -0.2) is 4.79 Å². The Morgan fingerprint density at radius 3 is 1.93 bits per heavy atom. The first kappa shape index (κ1) is 23.7. The second-order valence-corrected chi connectivity index (χ2v) is 6.80. The average molecular weight is 392 g/mol. The highest BCUT2D eigenvalue weighted by Gasteiger charge is 2.34. The van der Waals surface area contributed by atoms with E-state index >= 15 is 0 Å². The van der Waals surface area contributed by atoms with Crippen LogP contribution < -0.4 is 0 Å². The predicted octanol–water partition coefficient (Wildman–Crippen LogP) is 4.20. The van der Waals surface area contributed by atoms with Crippen LogP contribution >= 0.6 is 0 Å². The van der Waals surface area contributed by atoms with Crippen LogP contribution in [0.4, 0.5) is 0 Å². The number of ketones is 2. The minimum Gasteiger partial charge on any atom is -0.489 e. The van der Waals surface area contributed by atoms with E-state index < -0.39 is 17.5 Å². The van der Waals surface area contributed by atoms with Gasteiger partial charge in [0.1, 0.15) is 0 Å². The van der Waals surface area contributed by atoms with Crippen molar-refractivity contribution in [1.82, 2.24) is 0 Å². The standard InChI is InChI=1S/C22H32O6/c1-6-7-8-9-10-11-12-13-16(22(25)28-5)14-17-15(2)18(23)20(26-3)21(27-4)19(17)24/h14H,6-13H2,1-5H3/b16-14+. The largest absolute Gasteiger partial charge is 0.489 e. The van der Waals surface area contributed by atoms with E-state index in [4.69, 9.17) is 14.2 Å². The number of methoxy groups -OCH3 is 3. The molecule has 1 rings (SSSR count). The van der Waals surface area contributed by atoms with Crippen molar-refractivity contribution < 1.29 is 28.6 Å². The molecule has 6 heteroatoms. The van der Waals surface area contributed by atoms with Crippen LogP contribution in [0.2, 0.25) is 0 Å². The summed E-state index contributed by atoms with van der Waals surface area (Å²) in [6.45, 7) is 3.72. The highest BCUT2D eigenvalue weighted by Crippen LogP contribution is 2.28. The summed E-state index contributed by atoms with van der Waals surface area (Å²) in [7, 11) is 3.93. The van der Waals surface area contributed by atoms with Crippen LogP contribution in [0.15, 0.2) is 34.3 Å². The van der Waals surface area contributed by atoms with Crippen LogP contribution in [-0.2, 0) is 28.6 Å². The Morgan fingerprint density at radius 2 is 1.39 bits per heavy atom. The lowest BCUT2D eigenvalue weighted by molar-refractivity contribution is -0.136. The predicted molar refractivity (Wildman–Crippen MR) is 106 cm³/mol. The van der Waals surface area contributed by atoms with Gasteiger partial charge < -0.3 is 14.2 Å². The van der Waals surface area contributed by atoms with E-state index in [1.54, 1.807) is 6.92 Å². The van der Waals surface area contributed by atoms with E-state index in [-0.39, 0.29) is 22.7 Å². The van der Waals surface area contributed by atoms with Crippen molar-refractivity contribution in [2.45, 2.75) is 65.2 Å². The van der Waals surface area contributed by atoms with Gasteiger partial charge in [-0.3, -0.25) is 9.59 Å². The van der Waals surface area contributed by atoms with Gasteiger partial charge in [0.25, 0.3) is 0 Å². The highest BCUT2D eigenvalue weighted by molar-refractivity contribution is 6.24. The molecular formula is C22H32O6. The Labute approximate surface area is 167 Å². The maximum atomic E-state index is 12.7. The fourth-order valence-corrected chi connectivity index (χ4v) is 3.15. The second kappa shape index (κ2) is 12.2. The van der Waals surface area contributed by atoms with Gasteiger partial charge in [-0.2, -0.15) is 0 Å². The molecule has 0 atom stereocenters. The number of allylic oxidation sites excluding steroid dienone is 3. The molecular weight excluding hydrogens is 360 g/mol. The van der Waals surface area contributed by atoms with Gasteiger partial charge in [0.15, 0.2) is 0 Å². The zero-order valence-electron chi connectivity index (χ0n) is 17.7. The molecule has 0 aliphatic heterocycles. The number of carbonyl (C=O) groups is 3. The number of hydrogen-bond donors (Lipinski definition) is 0. The maximum Gasteiger partial charge on any atom is 0.333 e. The Hall–Kier alpha value is -2.37. The molecule has 156 valence electrons. The quantitative estimate of drug-likeness (QED) is 0.214. The normalized spacial score (nSPS) is 15.2. The molecule has 0 heterocycles. The summed E-state index contributed by atoms with van der Waals surface area (Å²) in [5.74, 6) is -1.66. The molecule has 0 N–H and O–H groups in total. The van der Waals surface area contributed by atoms with E-state index in [1.807, 2.05) is 0 Å². The van der Waals surface area contributed by atoms with Crippen molar-refractivity contribution in [2.24, 2.45) is 0 Å². The smallest absolute Gasteiger partial charge is 0.333 e.